The molecule has 0 N–H and O–H groups in total. The van der Waals surface area contributed by atoms with E-state index in [1.54, 1.807) is 21.0 Å². The molecule has 0 aliphatic rings. The van der Waals surface area contributed by atoms with Gasteiger partial charge in [0.2, 0.25) is 0 Å². The van der Waals surface area contributed by atoms with Crippen LogP contribution in [-0.2, 0) is 14.2 Å². The minimum absolute atomic E-state index is 0.206. The number of nitrogens with zero attached hydrogens (tertiary/aromatic N) is 1. The molecule has 0 bridgehead atoms. The summed E-state index contributed by atoms with van der Waals surface area (Å²) in [4.78, 5) is 11.8. The fourth-order valence-electron chi connectivity index (χ4n) is 2.62. The number of carbonyl (C=O) groups excluding carboxylic acids is 1. The Balaban J connectivity index is 2.75. The lowest BCUT2D eigenvalue weighted by atomic mass is 10.0. The highest BCUT2D eigenvalue weighted by molar-refractivity contribution is 7.04. The zero-order chi connectivity index (χ0) is 20.8. The summed E-state index contributed by atoms with van der Waals surface area (Å²) in [5.41, 5.74) is 1.82. The summed E-state index contributed by atoms with van der Waals surface area (Å²) in [7, 11) is 1.68. The van der Waals surface area contributed by atoms with Gasteiger partial charge in [0.05, 0.1) is 18.1 Å². The highest BCUT2D eigenvalue weighted by Gasteiger charge is 2.19. The number of hydrogen-bond donors (Lipinski definition) is 0. The normalized spacial score (nSPS) is 12.9. The van der Waals surface area contributed by atoms with Gasteiger partial charge in [-0.15, -0.1) is 0 Å². The van der Waals surface area contributed by atoms with E-state index in [9.17, 15) is 4.79 Å². The van der Waals surface area contributed by atoms with E-state index in [1.807, 2.05) is 12.3 Å². The van der Waals surface area contributed by atoms with Crippen LogP contribution in [0.2, 0.25) is 0 Å². The number of rotatable bonds is 14. The van der Waals surface area contributed by atoms with Gasteiger partial charge in [-0.2, -0.15) is 4.37 Å². The molecule has 7 heteroatoms. The molecule has 0 radical (unpaired) electrons. The van der Waals surface area contributed by atoms with Crippen molar-refractivity contribution in [1.82, 2.24) is 4.37 Å². The lowest BCUT2D eigenvalue weighted by molar-refractivity contribution is 0.0134. The van der Waals surface area contributed by atoms with Crippen LogP contribution in [0, 0.1) is 0 Å². The van der Waals surface area contributed by atoms with Gasteiger partial charge in [0.25, 0.3) is 0 Å². The molecule has 1 atom stereocenters. The van der Waals surface area contributed by atoms with Crippen molar-refractivity contribution in [3.63, 3.8) is 0 Å². The number of methoxy groups -OCH3 is 1. The molecule has 6 nitrogen and oxygen atoms in total. The Morgan fingerprint density at radius 2 is 1.96 bits per heavy atom. The van der Waals surface area contributed by atoms with Crippen molar-refractivity contribution >= 4 is 23.3 Å². The molecule has 1 heterocycles. The van der Waals surface area contributed by atoms with Crippen molar-refractivity contribution in [2.24, 2.45) is 0 Å². The van der Waals surface area contributed by atoms with E-state index in [2.05, 4.69) is 17.4 Å². The molecule has 160 valence electrons. The fourth-order valence-corrected chi connectivity index (χ4v) is 3.26. The van der Waals surface area contributed by atoms with Crippen LogP contribution in [0.1, 0.15) is 71.9 Å². The predicted molar refractivity (Wildman–Crippen MR) is 113 cm³/mol. The number of carbonyl (C=O) groups is 1. The fraction of sp³-hybridized carbons (Fsp3) is 0.714. The summed E-state index contributed by atoms with van der Waals surface area (Å²) in [6.45, 7) is 8.93. The van der Waals surface area contributed by atoms with E-state index < -0.39 is 6.16 Å². The molecule has 0 aliphatic carbocycles. The summed E-state index contributed by atoms with van der Waals surface area (Å²) in [6, 6.07) is 0. The Morgan fingerprint density at radius 3 is 2.64 bits per heavy atom. The molecule has 28 heavy (non-hydrogen) atoms. The van der Waals surface area contributed by atoms with Crippen LogP contribution >= 0.6 is 11.5 Å². The highest BCUT2D eigenvalue weighted by atomic mass is 32.1. The lowest BCUT2D eigenvalue weighted by Gasteiger charge is -2.16. The molecule has 0 spiro atoms. The zero-order valence-electron chi connectivity index (χ0n) is 17.9. The maximum absolute atomic E-state index is 11.8. The smallest absolute Gasteiger partial charge is 0.490 e. The van der Waals surface area contributed by atoms with Crippen molar-refractivity contribution in [2.45, 2.75) is 78.4 Å². The molecule has 1 aromatic heterocycles. The van der Waals surface area contributed by atoms with E-state index in [0.717, 1.165) is 29.9 Å². The minimum atomic E-state index is -0.649. The van der Waals surface area contributed by atoms with E-state index in [0.29, 0.717) is 19.6 Å². The van der Waals surface area contributed by atoms with Gasteiger partial charge < -0.3 is 18.9 Å². The van der Waals surface area contributed by atoms with Crippen molar-refractivity contribution in [1.29, 1.82) is 0 Å². The van der Waals surface area contributed by atoms with E-state index in [-0.39, 0.29) is 12.2 Å². The first-order valence-corrected chi connectivity index (χ1v) is 10.9. The molecular formula is C21H35NO5S. The third-order valence-electron chi connectivity index (χ3n) is 3.95. The predicted octanol–water partition coefficient (Wildman–Crippen LogP) is 5.86. The third kappa shape index (κ3) is 10.1. The van der Waals surface area contributed by atoms with Gasteiger partial charge in [-0.05, 0) is 50.7 Å². The molecule has 0 saturated carbocycles. The number of aromatic nitrogens is 1. The van der Waals surface area contributed by atoms with Gasteiger partial charge in [-0.25, -0.2) is 4.79 Å². The van der Waals surface area contributed by atoms with Gasteiger partial charge in [0, 0.05) is 20.1 Å². The van der Waals surface area contributed by atoms with Crippen molar-refractivity contribution in [2.75, 3.05) is 20.3 Å². The molecule has 0 amide bonds. The summed E-state index contributed by atoms with van der Waals surface area (Å²) in [5.74, 6) is 0.794. The zero-order valence-corrected chi connectivity index (χ0v) is 18.7. The topological polar surface area (TPSA) is 66.9 Å². The Bertz CT molecular complexity index is 585. The van der Waals surface area contributed by atoms with Gasteiger partial charge in [0.1, 0.15) is 11.8 Å². The minimum Gasteiger partial charge on any atom is -0.490 e. The summed E-state index contributed by atoms with van der Waals surface area (Å²) in [5, 5.41) is 1.93. The van der Waals surface area contributed by atoms with Crippen LogP contribution < -0.4 is 4.74 Å². The Morgan fingerprint density at radius 1 is 1.18 bits per heavy atom. The van der Waals surface area contributed by atoms with Crippen molar-refractivity contribution in [3.8, 4) is 5.75 Å². The van der Waals surface area contributed by atoms with Crippen LogP contribution in [0.4, 0.5) is 4.79 Å². The molecule has 1 unspecified atom stereocenters. The standard InChI is InChI=1S/C21H35NO5S/c1-6-7-8-9-13-25-19-15-28-22-20(19)18(11-10-12-24-5)14-17(4)27-21(23)26-16(2)3/h11,15-17H,6-10,12-14H2,1-5H3/b18-11+. The second kappa shape index (κ2) is 14.4. The molecular weight excluding hydrogens is 378 g/mol. The maximum atomic E-state index is 11.8. The second-order valence-corrected chi connectivity index (χ2v) is 7.63. The average molecular weight is 414 g/mol. The molecule has 0 saturated heterocycles. The summed E-state index contributed by atoms with van der Waals surface area (Å²) >= 11 is 1.37. The molecule has 0 aromatic carbocycles. The first-order valence-electron chi connectivity index (χ1n) is 10.1. The summed E-state index contributed by atoms with van der Waals surface area (Å²) < 4.78 is 26.1. The molecule has 1 rings (SSSR count). The number of hydrogen-bond acceptors (Lipinski definition) is 7. The van der Waals surface area contributed by atoms with Crippen LogP contribution in [0.15, 0.2) is 11.5 Å². The van der Waals surface area contributed by atoms with Gasteiger partial charge in [-0.1, -0.05) is 32.3 Å². The van der Waals surface area contributed by atoms with Gasteiger partial charge in [-0.3, -0.25) is 0 Å². The van der Waals surface area contributed by atoms with Gasteiger partial charge >= 0.3 is 6.16 Å². The largest absolute Gasteiger partial charge is 0.508 e. The van der Waals surface area contributed by atoms with Crippen LogP contribution in [0.25, 0.3) is 5.57 Å². The number of unbranched alkanes of at least 4 members (excludes halogenated alkanes) is 3. The van der Waals surface area contributed by atoms with Crippen LogP contribution in [0.5, 0.6) is 5.75 Å². The molecule has 1 aromatic rings. The molecule has 0 fully saturated rings. The quantitative estimate of drug-likeness (QED) is 0.281. The summed E-state index contributed by atoms with van der Waals surface area (Å²) in [6.07, 6.45) is 6.81. The van der Waals surface area contributed by atoms with E-state index >= 15 is 0 Å². The second-order valence-electron chi connectivity index (χ2n) is 7.00. The Labute approximate surface area is 173 Å². The monoisotopic (exact) mass is 413 g/mol. The van der Waals surface area contributed by atoms with Gasteiger partial charge in [0.15, 0.2) is 5.75 Å². The first-order chi connectivity index (χ1) is 13.5. The SMILES string of the molecule is CCCCCCOc1csnc1/C(=C/CCOC)CC(C)OC(=O)OC(C)C. The maximum Gasteiger partial charge on any atom is 0.508 e. The van der Waals surface area contributed by atoms with Crippen molar-refractivity contribution < 1.29 is 23.7 Å². The Hall–Kier alpha value is -1.60. The Kier molecular flexibility index (Phi) is 12.6. The van der Waals surface area contributed by atoms with Crippen molar-refractivity contribution in [3.05, 3.63) is 17.2 Å². The van der Waals surface area contributed by atoms with E-state index in [4.69, 9.17) is 18.9 Å². The van der Waals surface area contributed by atoms with E-state index in [1.165, 1.54) is 30.8 Å². The third-order valence-corrected chi connectivity index (χ3v) is 4.55. The highest BCUT2D eigenvalue weighted by Crippen LogP contribution is 2.31. The average Bonchev–Trinajstić information content (AvgIpc) is 3.08. The lowest BCUT2D eigenvalue weighted by Crippen LogP contribution is -2.19. The van der Waals surface area contributed by atoms with Crippen LogP contribution in [0.3, 0.4) is 0 Å². The molecule has 0 aliphatic heterocycles. The van der Waals surface area contributed by atoms with Crippen LogP contribution in [-0.4, -0.2) is 43.1 Å². The first kappa shape index (κ1) is 24.4. The number of ether oxygens (including phenoxy) is 4.